The number of ketones is 1. The highest BCUT2D eigenvalue weighted by atomic mass is 79.9. The summed E-state index contributed by atoms with van der Waals surface area (Å²) in [5, 5.41) is 0.281. The zero-order valence-electron chi connectivity index (χ0n) is 10.2. The van der Waals surface area contributed by atoms with Gasteiger partial charge in [-0.3, -0.25) is 4.79 Å². The smallest absolute Gasteiger partial charge is 0.167 e. The van der Waals surface area contributed by atoms with Gasteiger partial charge in [0.15, 0.2) is 5.78 Å². The van der Waals surface area contributed by atoms with Crippen molar-refractivity contribution in [1.29, 1.82) is 0 Å². The number of benzene rings is 2. The maximum absolute atomic E-state index is 13.6. The van der Waals surface area contributed by atoms with Crippen LogP contribution in [0.15, 0.2) is 40.9 Å². The van der Waals surface area contributed by atoms with Gasteiger partial charge in [0.2, 0.25) is 0 Å². The van der Waals surface area contributed by atoms with E-state index >= 15 is 0 Å². The molecule has 0 heterocycles. The van der Waals surface area contributed by atoms with Crippen LogP contribution in [0.4, 0.5) is 4.39 Å². The fourth-order valence-corrected chi connectivity index (χ4v) is 2.60. The number of aryl methyl sites for hydroxylation is 1. The third kappa shape index (κ3) is 3.23. The summed E-state index contributed by atoms with van der Waals surface area (Å²) < 4.78 is 14.6. The van der Waals surface area contributed by atoms with Crippen LogP contribution in [0.2, 0.25) is 5.02 Å². The SMILES string of the molecule is Cc1cc(Br)ccc1C(=O)Cc1c(F)cccc1Cl. The molecule has 0 saturated heterocycles. The molecule has 0 spiro atoms. The molecule has 4 heteroatoms. The highest BCUT2D eigenvalue weighted by Gasteiger charge is 2.15. The van der Waals surface area contributed by atoms with E-state index in [4.69, 9.17) is 11.6 Å². The van der Waals surface area contributed by atoms with E-state index in [-0.39, 0.29) is 22.8 Å². The maximum Gasteiger partial charge on any atom is 0.167 e. The lowest BCUT2D eigenvalue weighted by Crippen LogP contribution is -2.07. The van der Waals surface area contributed by atoms with Gasteiger partial charge in [0.25, 0.3) is 0 Å². The molecule has 0 N–H and O–H groups in total. The van der Waals surface area contributed by atoms with Gasteiger partial charge in [0.1, 0.15) is 5.82 Å². The van der Waals surface area contributed by atoms with E-state index in [2.05, 4.69) is 15.9 Å². The van der Waals surface area contributed by atoms with Crippen LogP contribution in [0.1, 0.15) is 21.5 Å². The zero-order valence-corrected chi connectivity index (χ0v) is 12.6. The Bertz CT molecular complexity index is 620. The Kier molecular flexibility index (Phi) is 4.38. The number of rotatable bonds is 3. The standard InChI is InChI=1S/C15H11BrClFO/c1-9-7-10(16)5-6-11(9)15(19)8-12-13(17)3-2-4-14(12)18/h2-7H,8H2,1H3. The second-order valence-electron chi connectivity index (χ2n) is 4.26. The molecule has 2 aromatic carbocycles. The molecule has 98 valence electrons. The van der Waals surface area contributed by atoms with Crippen molar-refractivity contribution in [2.75, 3.05) is 0 Å². The van der Waals surface area contributed by atoms with Gasteiger partial charge in [-0.25, -0.2) is 4.39 Å². The molecule has 0 saturated carbocycles. The average Bonchev–Trinajstić information content (AvgIpc) is 2.33. The van der Waals surface area contributed by atoms with Crippen molar-refractivity contribution < 1.29 is 9.18 Å². The summed E-state index contributed by atoms with van der Waals surface area (Å²) in [6, 6.07) is 9.80. The van der Waals surface area contributed by atoms with Gasteiger partial charge >= 0.3 is 0 Å². The molecule has 0 aliphatic rings. The van der Waals surface area contributed by atoms with Gasteiger partial charge < -0.3 is 0 Å². The van der Waals surface area contributed by atoms with Crippen molar-refractivity contribution in [1.82, 2.24) is 0 Å². The molecule has 0 radical (unpaired) electrons. The summed E-state index contributed by atoms with van der Waals surface area (Å²) in [5.41, 5.74) is 1.69. The quantitative estimate of drug-likeness (QED) is 0.720. The summed E-state index contributed by atoms with van der Waals surface area (Å²) >= 11 is 9.27. The van der Waals surface area contributed by atoms with Gasteiger partial charge in [0, 0.05) is 27.0 Å². The van der Waals surface area contributed by atoms with Crippen LogP contribution < -0.4 is 0 Å². The molecule has 2 rings (SSSR count). The Morgan fingerprint density at radius 2 is 2.05 bits per heavy atom. The first kappa shape index (κ1) is 14.2. The van der Waals surface area contributed by atoms with Crippen LogP contribution in [0, 0.1) is 12.7 Å². The first-order valence-corrected chi connectivity index (χ1v) is 6.88. The van der Waals surface area contributed by atoms with E-state index in [1.807, 2.05) is 13.0 Å². The lowest BCUT2D eigenvalue weighted by Gasteiger charge is -2.08. The Labute approximate surface area is 124 Å². The Morgan fingerprint density at radius 1 is 1.32 bits per heavy atom. The maximum atomic E-state index is 13.6. The lowest BCUT2D eigenvalue weighted by molar-refractivity contribution is 0.0991. The Balaban J connectivity index is 2.31. The van der Waals surface area contributed by atoms with E-state index in [0.29, 0.717) is 5.56 Å². The van der Waals surface area contributed by atoms with Crippen LogP contribution in [0.25, 0.3) is 0 Å². The summed E-state index contributed by atoms with van der Waals surface area (Å²) in [7, 11) is 0. The fourth-order valence-electron chi connectivity index (χ4n) is 1.90. The number of carbonyl (C=O) groups excluding carboxylic acids is 1. The zero-order chi connectivity index (χ0) is 14.0. The van der Waals surface area contributed by atoms with E-state index < -0.39 is 5.82 Å². The van der Waals surface area contributed by atoms with Crippen LogP contribution in [-0.4, -0.2) is 5.78 Å². The van der Waals surface area contributed by atoms with Crippen molar-refractivity contribution in [3.05, 3.63) is 68.4 Å². The highest BCUT2D eigenvalue weighted by molar-refractivity contribution is 9.10. The number of hydrogen-bond donors (Lipinski definition) is 0. The molecule has 0 unspecified atom stereocenters. The topological polar surface area (TPSA) is 17.1 Å². The molecule has 0 aromatic heterocycles. The number of hydrogen-bond acceptors (Lipinski definition) is 1. The molecule has 0 bridgehead atoms. The highest BCUT2D eigenvalue weighted by Crippen LogP contribution is 2.23. The van der Waals surface area contributed by atoms with Crippen LogP contribution >= 0.6 is 27.5 Å². The average molecular weight is 342 g/mol. The van der Waals surface area contributed by atoms with E-state index in [0.717, 1.165) is 10.0 Å². The second-order valence-corrected chi connectivity index (χ2v) is 5.58. The van der Waals surface area contributed by atoms with E-state index in [1.54, 1.807) is 18.2 Å². The lowest BCUT2D eigenvalue weighted by atomic mass is 9.99. The fraction of sp³-hybridized carbons (Fsp3) is 0.133. The minimum absolute atomic E-state index is 0.0338. The predicted molar refractivity (Wildman–Crippen MR) is 78.3 cm³/mol. The molecule has 0 fully saturated rings. The normalized spacial score (nSPS) is 10.5. The van der Waals surface area contributed by atoms with Crippen molar-refractivity contribution in [2.24, 2.45) is 0 Å². The largest absolute Gasteiger partial charge is 0.294 e. The van der Waals surface area contributed by atoms with Crippen molar-refractivity contribution in [2.45, 2.75) is 13.3 Å². The molecule has 0 aliphatic carbocycles. The van der Waals surface area contributed by atoms with Crippen LogP contribution in [0.5, 0.6) is 0 Å². The molecule has 0 amide bonds. The minimum Gasteiger partial charge on any atom is -0.294 e. The predicted octanol–water partition coefficient (Wildman–Crippen LogP) is 4.98. The van der Waals surface area contributed by atoms with E-state index in [1.165, 1.54) is 12.1 Å². The monoisotopic (exact) mass is 340 g/mol. The van der Waals surface area contributed by atoms with Gasteiger partial charge in [-0.2, -0.15) is 0 Å². The Morgan fingerprint density at radius 3 is 2.68 bits per heavy atom. The van der Waals surface area contributed by atoms with Crippen molar-refractivity contribution >= 4 is 33.3 Å². The van der Waals surface area contributed by atoms with Crippen LogP contribution in [0.3, 0.4) is 0 Å². The van der Waals surface area contributed by atoms with Crippen molar-refractivity contribution in [3.63, 3.8) is 0 Å². The second kappa shape index (κ2) is 5.85. The van der Waals surface area contributed by atoms with Crippen LogP contribution in [-0.2, 0) is 6.42 Å². The van der Waals surface area contributed by atoms with Gasteiger partial charge in [0.05, 0.1) is 0 Å². The third-order valence-electron chi connectivity index (χ3n) is 2.89. The minimum atomic E-state index is -0.449. The third-order valence-corrected chi connectivity index (χ3v) is 3.74. The molecule has 2 aromatic rings. The summed E-state index contributed by atoms with van der Waals surface area (Å²) in [6.07, 6.45) is -0.0338. The molecule has 0 aliphatic heterocycles. The first-order valence-electron chi connectivity index (χ1n) is 5.71. The molecule has 0 atom stereocenters. The van der Waals surface area contributed by atoms with Gasteiger partial charge in [-0.15, -0.1) is 0 Å². The Hall–Kier alpha value is -1.19. The molecule has 19 heavy (non-hydrogen) atoms. The molecule has 1 nitrogen and oxygen atoms in total. The number of carbonyl (C=O) groups is 1. The van der Waals surface area contributed by atoms with E-state index in [9.17, 15) is 9.18 Å². The van der Waals surface area contributed by atoms with Crippen molar-refractivity contribution in [3.8, 4) is 0 Å². The summed E-state index contributed by atoms with van der Waals surface area (Å²) in [4.78, 5) is 12.2. The van der Waals surface area contributed by atoms with Gasteiger partial charge in [-0.1, -0.05) is 39.7 Å². The number of halogens is 3. The van der Waals surface area contributed by atoms with Gasteiger partial charge in [-0.05, 0) is 36.8 Å². The molecular formula is C15H11BrClFO. The summed E-state index contributed by atoms with van der Waals surface area (Å²) in [6.45, 7) is 1.85. The summed E-state index contributed by atoms with van der Waals surface area (Å²) in [5.74, 6) is -0.590. The molecular weight excluding hydrogens is 331 g/mol. The first-order chi connectivity index (χ1) is 8.99. The number of Topliss-reactive ketones (excluding diaryl/α,β-unsaturated/α-hetero) is 1.